The molecule has 0 bridgehead atoms. The maximum atomic E-state index is 12.8. The van der Waals surface area contributed by atoms with Gasteiger partial charge in [-0.15, -0.1) is 0 Å². The highest BCUT2D eigenvalue weighted by Gasteiger charge is 2.19. The van der Waals surface area contributed by atoms with Gasteiger partial charge in [-0.25, -0.2) is 13.8 Å². The van der Waals surface area contributed by atoms with E-state index < -0.39 is 17.9 Å². The molecule has 0 radical (unpaired) electrons. The minimum absolute atomic E-state index is 0.0735. The van der Waals surface area contributed by atoms with Crippen LogP contribution in [0.15, 0.2) is 10.7 Å². The van der Waals surface area contributed by atoms with Gasteiger partial charge in [0.1, 0.15) is 0 Å². The molecule has 0 fully saturated rings. The van der Waals surface area contributed by atoms with E-state index in [0.29, 0.717) is 0 Å². The van der Waals surface area contributed by atoms with E-state index in [-0.39, 0.29) is 16.6 Å². The molecule has 0 amide bonds. The zero-order valence-corrected chi connectivity index (χ0v) is 7.98. The van der Waals surface area contributed by atoms with Crippen LogP contribution in [-0.4, -0.2) is 4.98 Å². The molecule has 13 heavy (non-hydrogen) atoms. The number of rotatable bonds is 2. The summed E-state index contributed by atoms with van der Waals surface area (Å²) in [6.07, 6.45) is -1.76. The van der Waals surface area contributed by atoms with Gasteiger partial charge in [0.05, 0.1) is 0 Å². The van der Waals surface area contributed by atoms with Crippen molar-refractivity contribution >= 4 is 15.9 Å². The zero-order chi connectivity index (χ0) is 10.0. The van der Waals surface area contributed by atoms with Crippen LogP contribution in [0.3, 0.4) is 0 Å². The average molecular weight is 255 g/mol. The fraction of sp³-hybridized carbons (Fsp3) is 0.286. The summed E-state index contributed by atoms with van der Waals surface area (Å²) in [7, 11) is 0. The minimum Gasteiger partial charge on any atom is -0.326 e. The summed E-state index contributed by atoms with van der Waals surface area (Å²) in [6.45, 7) is -0.294. The van der Waals surface area contributed by atoms with Crippen molar-refractivity contribution in [1.29, 1.82) is 0 Å². The van der Waals surface area contributed by atoms with Crippen LogP contribution in [0.25, 0.3) is 0 Å². The second-order valence-electron chi connectivity index (χ2n) is 2.29. The summed E-state index contributed by atoms with van der Waals surface area (Å²) >= 11 is 2.86. The molecule has 1 rings (SSSR count). The first-order chi connectivity index (χ1) is 6.07. The molecular formula is C7H6BrF3N2. The van der Waals surface area contributed by atoms with Crippen molar-refractivity contribution in [2.45, 2.75) is 13.0 Å². The minimum atomic E-state index is -2.76. The molecule has 2 N–H and O–H groups in total. The smallest absolute Gasteiger partial charge is 0.265 e. The summed E-state index contributed by atoms with van der Waals surface area (Å²) in [5.74, 6) is -0.944. The van der Waals surface area contributed by atoms with Crippen molar-refractivity contribution < 1.29 is 13.2 Å². The van der Waals surface area contributed by atoms with Crippen molar-refractivity contribution in [3.05, 3.63) is 27.7 Å². The van der Waals surface area contributed by atoms with E-state index in [9.17, 15) is 13.2 Å². The number of aromatic nitrogens is 1. The molecule has 0 saturated carbocycles. The van der Waals surface area contributed by atoms with Gasteiger partial charge < -0.3 is 5.73 Å². The van der Waals surface area contributed by atoms with Gasteiger partial charge in [0, 0.05) is 28.3 Å². The average Bonchev–Trinajstić information content (AvgIpc) is 2.07. The monoisotopic (exact) mass is 254 g/mol. The fourth-order valence-corrected chi connectivity index (χ4v) is 1.46. The van der Waals surface area contributed by atoms with Crippen molar-refractivity contribution in [2.75, 3.05) is 0 Å². The Morgan fingerprint density at radius 2 is 2.15 bits per heavy atom. The van der Waals surface area contributed by atoms with Crippen molar-refractivity contribution in [3.63, 3.8) is 0 Å². The molecule has 0 saturated heterocycles. The summed E-state index contributed by atoms with van der Waals surface area (Å²) < 4.78 is 37.7. The van der Waals surface area contributed by atoms with Gasteiger partial charge in [0.2, 0.25) is 5.95 Å². The Hall–Kier alpha value is -0.620. The standard InChI is InChI=1S/C7H6BrF3N2/c8-4-2-13-7(11)3(1-12)5(4)6(9)10/h2,6H,1,12H2. The number of nitrogens with two attached hydrogens (primary N) is 1. The Bertz CT molecular complexity index is 317. The fourth-order valence-electron chi connectivity index (χ4n) is 0.946. The molecule has 0 spiro atoms. The highest BCUT2D eigenvalue weighted by molar-refractivity contribution is 9.10. The molecular weight excluding hydrogens is 249 g/mol. The Labute approximate surface area is 81.1 Å². The topological polar surface area (TPSA) is 38.9 Å². The molecule has 0 aliphatic rings. The third-order valence-corrected chi connectivity index (χ3v) is 2.18. The highest BCUT2D eigenvalue weighted by atomic mass is 79.9. The van der Waals surface area contributed by atoms with E-state index in [4.69, 9.17) is 5.73 Å². The zero-order valence-electron chi connectivity index (χ0n) is 6.40. The molecule has 0 aromatic carbocycles. The maximum Gasteiger partial charge on any atom is 0.265 e. The number of alkyl halides is 2. The van der Waals surface area contributed by atoms with Crippen LogP contribution < -0.4 is 5.73 Å². The Morgan fingerprint density at radius 3 is 2.54 bits per heavy atom. The van der Waals surface area contributed by atoms with Crippen LogP contribution in [0.1, 0.15) is 17.6 Å². The van der Waals surface area contributed by atoms with E-state index in [1.54, 1.807) is 0 Å². The van der Waals surface area contributed by atoms with Gasteiger partial charge >= 0.3 is 0 Å². The molecule has 1 aromatic heterocycles. The van der Waals surface area contributed by atoms with Gasteiger partial charge in [-0.3, -0.25) is 0 Å². The third kappa shape index (κ3) is 2.00. The van der Waals surface area contributed by atoms with Crippen LogP contribution in [0.4, 0.5) is 13.2 Å². The number of nitrogens with zero attached hydrogens (tertiary/aromatic N) is 1. The lowest BCUT2D eigenvalue weighted by molar-refractivity contribution is 0.148. The molecule has 0 aliphatic heterocycles. The summed E-state index contributed by atoms with van der Waals surface area (Å²) in [4.78, 5) is 3.27. The molecule has 1 aromatic rings. The maximum absolute atomic E-state index is 12.8. The molecule has 0 aliphatic carbocycles. The second-order valence-corrected chi connectivity index (χ2v) is 3.15. The van der Waals surface area contributed by atoms with Crippen LogP contribution in [0.5, 0.6) is 0 Å². The molecule has 1 heterocycles. The number of halogens is 4. The first-order valence-electron chi connectivity index (χ1n) is 3.39. The number of hydrogen-bond donors (Lipinski definition) is 1. The first-order valence-corrected chi connectivity index (χ1v) is 4.18. The van der Waals surface area contributed by atoms with E-state index in [0.717, 1.165) is 6.20 Å². The van der Waals surface area contributed by atoms with E-state index >= 15 is 0 Å². The molecule has 6 heteroatoms. The van der Waals surface area contributed by atoms with Crippen molar-refractivity contribution in [2.24, 2.45) is 5.73 Å². The Morgan fingerprint density at radius 1 is 1.54 bits per heavy atom. The Kier molecular flexibility index (Phi) is 3.27. The van der Waals surface area contributed by atoms with E-state index in [1.807, 2.05) is 0 Å². The lowest BCUT2D eigenvalue weighted by Gasteiger charge is -2.08. The van der Waals surface area contributed by atoms with Gasteiger partial charge in [0.15, 0.2) is 0 Å². The van der Waals surface area contributed by atoms with Gasteiger partial charge in [-0.1, -0.05) is 0 Å². The number of hydrogen-bond acceptors (Lipinski definition) is 2. The van der Waals surface area contributed by atoms with Crippen LogP contribution >= 0.6 is 15.9 Å². The number of pyridine rings is 1. The molecule has 2 nitrogen and oxygen atoms in total. The van der Waals surface area contributed by atoms with Gasteiger partial charge in [0.25, 0.3) is 6.43 Å². The highest BCUT2D eigenvalue weighted by Crippen LogP contribution is 2.30. The van der Waals surface area contributed by atoms with Crippen LogP contribution in [-0.2, 0) is 6.54 Å². The van der Waals surface area contributed by atoms with Crippen molar-refractivity contribution in [1.82, 2.24) is 4.98 Å². The van der Waals surface area contributed by atoms with Crippen LogP contribution in [0, 0.1) is 5.95 Å². The lowest BCUT2D eigenvalue weighted by Crippen LogP contribution is -2.07. The predicted molar refractivity (Wildman–Crippen MR) is 44.7 cm³/mol. The summed E-state index contributed by atoms with van der Waals surface area (Å²) in [5.41, 5.74) is 4.46. The van der Waals surface area contributed by atoms with E-state index in [2.05, 4.69) is 20.9 Å². The molecule has 72 valence electrons. The van der Waals surface area contributed by atoms with Gasteiger partial charge in [-0.2, -0.15) is 4.39 Å². The first kappa shape index (κ1) is 10.5. The SMILES string of the molecule is NCc1c(F)ncc(Br)c1C(F)F. The third-order valence-electron chi connectivity index (χ3n) is 1.55. The predicted octanol–water partition coefficient (Wildman–Crippen LogP) is 2.38. The van der Waals surface area contributed by atoms with Crippen molar-refractivity contribution in [3.8, 4) is 0 Å². The summed E-state index contributed by atoms with van der Waals surface area (Å²) in [6, 6.07) is 0. The van der Waals surface area contributed by atoms with Crippen LogP contribution in [0.2, 0.25) is 0 Å². The lowest BCUT2D eigenvalue weighted by atomic mass is 10.1. The quantitative estimate of drug-likeness (QED) is 0.824. The normalized spacial score (nSPS) is 10.9. The summed E-state index contributed by atoms with van der Waals surface area (Å²) in [5, 5.41) is 0. The largest absolute Gasteiger partial charge is 0.326 e. The molecule has 0 unspecified atom stereocenters. The van der Waals surface area contributed by atoms with E-state index in [1.165, 1.54) is 0 Å². The second kappa shape index (κ2) is 4.06. The van der Waals surface area contributed by atoms with Gasteiger partial charge in [-0.05, 0) is 15.9 Å². The molecule has 0 atom stereocenters. The Balaban J connectivity index is 3.35.